The van der Waals surface area contributed by atoms with E-state index in [9.17, 15) is 0 Å². The van der Waals surface area contributed by atoms with Gasteiger partial charge in [0.15, 0.2) is 0 Å². The van der Waals surface area contributed by atoms with Crippen molar-refractivity contribution in [1.82, 2.24) is 0 Å². The van der Waals surface area contributed by atoms with E-state index in [1.165, 1.54) is 83.5 Å². The van der Waals surface area contributed by atoms with Gasteiger partial charge in [0, 0.05) is 12.8 Å². The van der Waals surface area contributed by atoms with E-state index in [0.29, 0.717) is 0 Å². The van der Waals surface area contributed by atoms with Crippen LogP contribution in [0.3, 0.4) is 0 Å². The molecular weight excluding hydrogens is 252 g/mol. The second-order valence-corrected chi connectivity index (χ2v) is 6.72. The maximum absolute atomic E-state index is 3.37. The molecule has 0 fully saturated rings. The minimum atomic E-state index is 0.905. The molecule has 1 unspecified atom stereocenters. The number of rotatable bonds is 14. The minimum absolute atomic E-state index is 0.905. The molecule has 0 N–H and O–H groups in total. The van der Waals surface area contributed by atoms with Gasteiger partial charge in [0.2, 0.25) is 0 Å². The van der Waals surface area contributed by atoms with Crippen molar-refractivity contribution >= 4 is 0 Å². The zero-order valence-corrected chi connectivity index (χ0v) is 15.2. The molecule has 21 heavy (non-hydrogen) atoms. The highest BCUT2D eigenvalue weighted by Crippen LogP contribution is 2.16. The first-order chi connectivity index (χ1) is 10.3. The van der Waals surface area contributed by atoms with Crippen molar-refractivity contribution in [2.24, 2.45) is 5.92 Å². The fourth-order valence-electron chi connectivity index (χ4n) is 2.77. The van der Waals surface area contributed by atoms with Gasteiger partial charge in [-0.05, 0) is 25.2 Å². The van der Waals surface area contributed by atoms with E-state index in [-0.39, 0.29) is 0 Å². The van der Waals surface area contributed by atoms with Crippen LogP contribution in [0, 0.1) is 17.8 Å². The van der Waals surface area contributed by atoms with Gasteiger partial charge in [-0.2, -0.15) is 0 Å². The molecule has 0 aromatic rings. The third-order valence-electron chi connectivity index (χ3n) is 4.33. The van der Waals surface area contributed by atoms with Crippen LogP contribution in [0.2, 0.25) is 0 Å². The zero-order chi connectivity index (χ0) is 15.6. The Morgan fingerprint density at radius 2 is 1.05 bits per heavy atom. The Morgan fingerprint density at radius 3 is 1.71 bits per heavy atom. The fourth-order valence-corrected chi connectivity index (χ4v) is 2.77. The predicted octanol–water partition coefficient (Wildman–Crippen LogP) is 7.52. The summed E-state index contributed by atoms with van der Waals surface area (Å²) in [4.78, 5) is 0. The number of hydrogen-bond donors (Lipinski definition) is 0. The normalized spacial score (nSPS) is 12.0. The summed E-state index contributed by atoms with van der Waals surface area (Å²) in [5, 5.41) is 0. The highest BCUT2D eigenvalue weighted by molar-refractivity contribution is 4.98. The second kappa shape index (κ2) is 17.6. The van der Waals surface area contributed by atoms with E-state index in [1.807, 2.05) is 0 Å². The molecule has 0 amide bonds. The molecule has 0 heteroatoms. The smallest absolute Gasteiger partial charge is 0.00887 e. The molecule has 0 rings (SSSR count). The summed E-state index contributed by atoms with van der Waals surface area (Å²) in [6.45, 7) is 6.97. The summed E-state index contributed by atoms with van der Waals surface area (Å²) in [6.07, 6.45) is 20.2. The van der Waals surface area contributed by atoms with Crippen LogP contribution in [0.1, 0.15) is 117 Å². The van der Waals surface area contributed by atoms with Gasteiger partial charge in [-0.25, -0.2) is 0 Å². The van der Waals surface area contributed by atoms with Crippen LogP contribution in [0.15, 0.2) is 0 Å². The topological polar surface area (TPSA) is 0 Å². The quantitative estimate of drug-likeness (QED) is 0.229. The van der Waals surface area contributed by atoms with Crippen LogP contribution in [0.5, 0.6) is 0 Å². The van der Waals surface area contributed by atoms with Crippen molar-refractivity contribution in [3.05, 3.63) is 0 Å². The molecule has 124 valence electrons. The summed E-state index contributed by atoms with van der Waals surface area (Å²) < 4.78 is 0. The molecule has 0 radical (unpaired) electrons. The van der Waals surface area contributed by atoms with Crippen molar-refractivity contribution in [2.45, 2.75) is 117 Å². The van der Waals surface area contributed by atoms with Gasteiger partial charge in [0.1, 0.15) is 0 Å². The average Bonchev–Trinajstić information content (AvgIpc) is 2.49. The molecule has 0 heterocycles. The van der Waals surface area contributed by atoms with E-state index in [0.717, 1.165) is 18.8 Å². The third kappa shape index (κ3) is 17.5. The molecule has 0 aliphatic heterocycles. The van der Waals surface area contributed by atoms with Gasteiger partial charge in [-0.1, -0.05) is 85.0 Å². The van der Waals surface area contributed by atoms with E-state index >= 15 is 0 Å². The Morgan fingerprint density at radius 1 is 0.571 bits per heavy atom. The predicted molar refractivity (Wildman–Crippen MR) is 97.5 cm³/mol. The first-order valence-corrected chi connectivity index (χ1v) is 9.77. The molecule has 0 saturated carbocycles. The first kappa shape index (κ1) is 20.6. The maximum Gasteiger partial charge on any atom is 0.00887 e. The first-order valence-electron chi connectivity index (χ1n) is 9.77. The van der Waals surface area contributed by atoms with Crippen molar-refractivity contribution in [3.8, 4) is 11.8 Å². The summed E-state index contributed by atoms with van der Waals surface area (Å²) >= 11 is 0. The van der Waals surface area contributed by atoms with Crippen LogP contribution in [-0.4, -0.2) is 0 Å². The average molecular weight is 293 g/mol. The van der Waals surface area contributed by atoms with E-state index in [4.69, 9.17) is 0 Å². The molecule has 0 aliphatic carbocycles. The zero-order valence-electron chi connectivity index (χ0n) is 15.2. The lowest BCUT2D eigenvalue weighted by atomic mass is 9.97. The van der Waals surface area contributed by atoms with Crippen LogP contribution >= 0.6 is 0 Å². The van der Waals surface area contributed by atoms with Crippen LogP contribution in [0.4, 0.5) is 0 Å². The van der Waals surface area contributed by atoms with Gasteiger partial charge in [0.05, 0.1) is 0 Å². The van der Waals surface area contributed by atoms with Crippen molar-refractivity contribution in [2.75, 3.05) is 0 Å². The monoisotopic (exact) mass is 292 g/mol. The van der Waals surface area contributed by atoms with Crippen LogP contribution in [-0.2, 0) is 0 Å². The lowest BCUT2D eigenvalue weighted by Gasteiger charge is -2.09. The Kier molecular flexibility index (Phi) is 17.2. The summed E-state index contributed by atoms with van der Waals surface area (Å²) in [7, 11) is 0. The van der Waals surface area contributed by atoms with E-state index in [1.54, 1.807) is 0 Å². The van der Waals surface area contributed by atoms with Gasteiger partial charge in [-0.15, -0.1) is 11.8 Å². The third-order valence-corrected chi connectivity index (χ3v) is 4.33. The van der Waals surface area contributed by atoms with Crippen LogP contribution < -0.4 is 0 Å². The van der Waals surface area contributed by atoms with Gasteiger partial charge in [0.25, 0.3) is 0 Å². The van der Waals surface area contributed by atoms with Gasteiger partial charge >= 0.3 is 0 Å². The van der Waals surface area contributed by atoms with E-state index in [2.05, 4.69) is 32.6 Å². The molecule has 0 aliphatic rings. The lowest BCUT2D eigenvalue weighted by Crippen LogP contribution is -1.94. The highest BCUT2D eigenvalue weighted by Gasteiger charge is 2.00. The Balaban J connectivity index is 3.24. The Hall–Kier alpha value is -0.440. The van der Waals surface area contributed by atoms with Gasteiger partial charge in [-0.3, -0.25) is 0 Å². The standard InChI is InChI=1S/C21H40/c1-4-6-8-10-11-12-13-14-15-16-18-20-21(3)19-17-9-7-5-2/h21H,4-13,16-20H2,1-3H3. The molecule has 1 atom stereocenters. The lowest BCUT2D eigenvalue weighted by molar-refractivity contribution is 0.450. The Bertz CT molecular complexity index is 242. The highest BCUT2D eigenvalue weighted by atomic mass is 14.1. The van der Waals surface area contributed by atoms with Crippen molar-refractivity contribution < 1.29 is 0 Å². The molecule has 0 aromatic carbocycles. The molecular formula is C21H40. The summed E-state index contributed by atoms with van der Waals surface area (Å²) in [5.74, 6) is 7.63. The summed E-state index contributed by atoms with van der Waals surface area (Å²) in [6, 6.07) is 0. The summed E-state index contributed by atoms with van der Waals surface area (Å²) in [5.41, 5.74) is 0. The minimum Gasteiger partial charge on any atom is -0.103 e. The van der Waals surface area contributed by atoms with Crippen molar-refractivity contribution in [3.63, 3.8) is 0 Å². The second-order valence-electron chi connectivity index (χ2n) is 6.72. The Labute approximate surface area is 135 Å². The SMILES string of the molecule is CCCCCCCCC#CCCCC(C)CCCCCC. The van der Waals surface area contributed by atoms with Crippen molar-refractivity contribution in [1.29, 1.82) is 0 Å². The molecule has 0 spiro atoms. The number of unbranched alkanes of at least 4 members (excludes halogenated alkanes) is 10. The fraction of sp³-hybridized carbons (Fsp3) is 0.905. The molecule has 0 bridgehead atoms. The van der Waals surface area contributed by atoms with Gasteiger partial charge < -0.3 is 0 Å². The molecule has 0 aromatic heterocycles. The van der Waals surface area contributed by atoms with Crippen LogP contribution in [0.25, 0.3) is 0 Å². The molecule has 0 saturated heterocycles. The van der Waals surface area contributed by atoms with E-state index < -0.39 is 0 Å². The number of hydrogen-bond acceptors (Lipinski definition) is 0. The maximum atomic E-state index is 3.37. The molecule has 0 nitrogen and oxygen atoms in total. The largest absolute Gasteiger partial charge is 0.103 e.